The third-order valence-electron chi connectivity index (χ3n) is 4.62. The highest BCUT2D eigenvalue weighted by atomic mass is 32.1. The van der Waals surface area contributed by atoms with Gasteiger partial charge in [0.1, 0.15) is 5.01 Å². The van der Waals surface area contributed by atoms with E-state index < -0.39 is 5.92 Å². The Balaban J connectivity index is 2.15. The molecule has 0 fully saturated rings. The molecule has 1 aromatic rings. The highest BCUT2D eigenvalue weighted by Gasteiger charge is 2.44. The van der Waals surface area contributed by atoms with Gasteiger partial charge in [-0.2, -0.15) is 0 Å². The number of hydrogen-bond acceptors (Lipinski definition) is 6. The van der Waals surface area contributed by atoms with Gasteiger partial charge in [0.25, 0.3) is 0 Å². The van der Waals surface area contributed by atoms with Gasteiger partial charge in [0.15, 0.2) is 5.78 Å². The lowest BCUT2D eigenvalue weighted by atomic mass is 9.70. The monoisotopic (exact) mass is 360 g/mol. The second kappa shape index (κ2) is 6.41. The fourth-order valence-corrected chi connectivity index (χ4v) is 4.58. The van der Waals surface area contributed by atoms with Crippen LogP contribution < -0.4 is 5.32 Å². The third kappa shape index (κ3) is 3.27. The molecule has 1 aliphatic heterocycles. The van der Waals surface area contributed by atoms with Crippen LogP contribution in [0.3, 0.4) is 0 Å². The number of allylic oxidation sites excluding steroid dienone is 3. The number of esters is 1. The number of carbonyl (C=O) groups excluding carboxylic acids is 2. The number of ketones is 1. The number of nitrogens with zero attached hydrogens (tertiary/aromatic N) is 1. The number of carbonyl (C=O) groups is 2. The summed E-state index contributed by atoms with van der Waals surface area (Å²) in [7, 11) is 0. The number of hydrogen-bond donors (Lipinski definition) is 1. The van der Waals surface area contributed by atoms with E-state index in [1.165, 1.54) is 11.3 Å². The van der Waals surface area contributed by atoms with Crippen molar-refractivity contribution in [2.24, 2.45) is 5.41 Å². The Kier molecular flexibility index (Phi) is 4.58. The maximum atomic E-state index is 13.0. The predicted molar refractivity (Wildman–Crippen MR) is 97.1 cm³/mol. The number of aryl methyl sites for hydroxylation is 1. The Hall–Kier alpha value is -1.95. The number of nitrogens with one attached hydrogen (secondary N) is 1. The predicted octanol–water partition coefficient (Wildman–Crippen LogP) is 3.62. The van der Waals surface area contributed by atoms with Crippen LogP contribution in [-0.4, -0.2) is 23.3 Å². The Labute approximate surface area is 152 Å². The molecule has 0 saturated heterocycles. The average molecular weight is 360 g/mol. The van der Waals surface area contributed by atoms with Crippen molar-refractivity contribution in [1.29, 1.82) is 0 Å². The largest absolute Gasteiger partial charge is 0.463 e. The van der Waals surface area contributed by atoms with Crippen LogP contribution in [0.1, 0.15) is 57.2 Å². The molecule has 2 heterocycles. The number of ether oxygens (including phenoxy) is 1. The van der Waals surface area contributed by atoms with E-state index in [1.54, 1.807) is 6.92 Å². The number of rotatable bonds is 3. The van der Waals surface area contributed by atoms with Crippen molar-refractivity contribution < 1.29 is 14.3 Å². The molecule has 0 radical (unpaired) electrons. The van der Waals surface area contributed by atoms with Crippen LogP contribution in [0.15, 0.2) is 27.9 Å². The summed E-state index contributed by atoms with van der Waals surface area (Å²) in [6.07, 6.45) is 1.26. The molecule has 2 aliphatic rings. The molecule has 1 N–H and O–H groups in total. The number of thiazole rings is 1. The van der Waals surface area contributed by atoms with E-state index >= 15 is 0 Å². The van der Waals surface area contributed by atoms with Gasteiger partial charge in [0, 0.05) is 34.5 Å². The maximum absolute atomic E-state index is 13.0. The Morgan fingerprint density at radius 1 is 1.40 bits per heavy atom. The van der Waals surface area contributed by atoms with Crippen LogP contribution in [0.25, 0.3) is 0 Å². The van der Waals surface area contributed by atoms with Crippen molar-refractivity contribution in [3.8, 4) is 0 Å². The summed E-state index contributed by atoms with van der Waals surface area (Å²) in [5, 5.41) is 6.05. The molecule has 25 heavy (non-hydrogen) atoms. The van der Waals surface area contributed by atoms with Gasteiger partial charge >= 0.3 is 5.97 Å². The van der Waals surface area contributed by atoms with Crippen molar-refractivity contribution >= 4 is 23.1 Å². The van der Waals surface area contributed by atoms with Crippen LogP contribution in [-0.2, 0) is 14.3 Å². The van der Waals surface area contributed by atoms with E-state index in [4.69, 9.17) is 4.74 Å². The summed E-state index contributed by atoms with van der Waals surface area (Å²) in [4.78, 5) is 30.2. The van der Waals surface area contributed by atoms with E-state index in [2.05, 4.69) is 24.1 Å². The van der Waals surface area contributed by atoms with Crippen molar-refractivity contribution in [2.45, 2.75) is 53.4 Å². The first kappa shape index (κ1) is 17.9. The number of Topliss-reactive ketones (excluding diaryl/α,β-unsaturated/α-hetero) is 1. The van der Waals surface area contributed by atoms with Gasteiger partial charge in [-0.1, -0.05) is 13.8 Å². The molecule has 1 atom stereocenters. The molecule has 0 unspecified atom stereocenters. The summed E-state index contributed by atoms with van der Waals surface area (Å²) in [5.41, 5.74) is 3.66. The zero-order chi connectivity index (χ0) is 18.4. The van der Waals surface area contributed by atoms with Gasteiger partial charge in [-0.25, -0.2) is 9.78 Å². The van der Waals surface area contributed by atoms with E-state index in [1.807, 2.05) is 19.2 Å². The van der Waals surface area contributed by atoms with E-state index in [-0.39, 0.29) is 17.2 Å². The van der Waals surface area contributed by atoms with E-state index in [0.29, 0.717) is 24.2 Å². The minimum atomic E-state index is -0.433. The van der Waals surface area contributed by atoms with Crippen molar-refractivity contribution in [3.05, 3.63) is 38.6 Å². The Morgan fingerprint density at radius 2 is 2.12 bits per heavy atom. The summed E-state index contributed by atoms with van der Waals surface area (Å²) in [6, 6.07) is 0. The van der Waals surface area contributed by atoms with Gasteiger partial charge in [-0.15, -0.1) is 11.3 Å². The van der Waals surface area contributed by atoms with E-state index in [0.717, 1.165) is 28.5 Å². The van der Waals surface area contributed by atoms with Gasteiger partial charge in [0.2, 0.25) is 0 Å². The van der Waals surface area contributed by atoms with Gasteiger partial charge in [0.05, 0.1) is 18.1 Å². The Bertz CT molecular complexity index is 801. The summed E-state index contributed by atoms with van der Waals surface area (Å²) < 4.78 is 5.27. The molecule has 0 amide bonds. The number of dihydropyridines is 1. The van der Waals surface area contributed by atoms with Gasteiger partial charge in [-0.3, -0.25) is 4.79 Å². The maximum Gasteiger partial charge on any atom is 0.336 e. The summed E-state index contributed by atoms with van der Waals surface area (Å²) in [6.45, 7) is 10.1. The molecule has 0 spiro atoms. The zero-order valence-corrected chi connectivity index (χ0v) is 16.2. The standard InChI is InChI=1S/C19H24N2O3S/c1-6-24-18(23)14-11(3)21-12-7-19(4,5)8-13(22)15(12)16(14)17-20-10(2)9-25-17/h9,16,21H,6-8H2,1-5H3/t16-/m0/s1. The molecule has 1 aromatic heterocycles. The molecule has 134 valence electrons. The SMILES string of the molecule is CCOC(=O)C1=C(C)NC2=C(C(=O)CC(C)(C)C2)[C@H]1c1nc(C)cs1. The second-order valence-corrected chi connectivity index (χ2v) is 8.37. The van der Waals surface area contributed by atoms with Crippen molar-refractivity contribution in [3.63, 3.8) is 0 Å². The molecule has 0 bridgehead atoms. The second-order valence-electron chi connectivity index (χ2n) is 7.48. The quantitative estimate of drug-likeness (QED) is 0.834. The van der Waals surface area contributed by atoms with Crippen LogP contribution in [0.4, 0.5) is 0 Å². The highest BCUT2D eigenvalue weighted by molar-refractivity contribution is 7.09. The van der Waals surface area contributed by atoms with E-state index in [9.17, 15) is 9.59 Å². The minimum Gasteiger partial charge on any atom is -0.463 e. The first-order valence-electron chi connectivity index (χ1n) is 8.56. The van der Waals surface area contributed by atoms with Crippen molar-refractivity contribution in [1.82, 2.24) is 10.3 Å². The topological polar surface area (TPSA) is 68.3 Å². The lowest BCUT2D eigenvalue weighted by Gasteiger charge is -2.38. The van der Waals surface area contributed by atoms with Crippen LogP contribution in [0.5, 0.6) is 0 Å². The third-order valence-corrected chi connectivity index (χ3v) is 5.65. The lowest BCUT2D eigenvalue weighted by Crippen LogP contribution is -2.38. The lowest BCUT2D eigenvalue weighted by molar-refractivity contribution is -0.138. The average Bonchev–Trinajstić information content (AvgIpc) is 2.90. The first-order chi connectivity index (χ1) is 11.7. The van der Waals surface area contributed by atoms with Gasteiger partial charge < -0.3 is 10.1 Å². The molecule has 0 saturated carbocycles. The smallest absolute Gasteiger partial charge is 0.336 e. The molecule has 5 nitrogen and oxygen atoms in total. The fraction of sp³-hybridized carbons (Fsp3) is 0.526. The molecule has 0 aromatic carbocycles. The van der Waals surface area contributed by atoms with Crippen LogP contribution in [0, 0.1) is 12.3 Å². The molecule has 6 heteroatoms. The van der Waals surface area contributed by atoms with Crippen LogP contribution >= 0.6 is 11.3 Å². The molecular formula is C19H24N2O3S. The Morgan fingerprint density at radius 3 is 2.72 bits per heavy atom. The summed E-state index contributed by atoms with van der Waals surface area (Å²) in [5.74, 6) is -0.724. The highest BCUT2D eigenvalue weighted by Crippen LogP contribution is 2.47. The number of aromatic nitrogens is 1. The van der Waals surface area contributed by atoms with Crippen molar-refractivity contribution in [2.75, 3.05) is 6.61 Å². The normalized spacial score (nSPS) is 22.6. The fourth-order valence-electron chi connectivity index (χ4n) is 3.67. The molecule has 1 aliphatic carbocycles. The van der Waals surface area contributed by atoms with Crippen LogP contribution in [0.2, 0.25) is 0 Å². The zero-order valence-electron chi connectivity index (χ0n) is 15.4. The first-order valence-corrected chi connectivity index (χ1v) is 9.44. The van der Waals surface area contributed by atoms with Gasteiger partial charge in [-0.05, 0) is 32.6 Å². The molecule has 3 rings (SSSR count). The minimum absolute atomic E-state index is 0.0888. The summed E-state index contributed by atoms with van der Waals surface area (Å²) >= 11 is 1.49. The molecular weight excluding hydrogens is 336 g/mol.